The topological polar surface area (TPSA) is 32.8 Å². The number of rotatable bonds is 3. The summed E-state index contributed by atoms with van der Waals surface area (Å²) in [5.41, 5.74) is 3.12. The molecular formula is C25H38N2O2. The van der Waals surface area contributed by atoms with Crippen LogP contribution in [-0.2, 0) is 9.53 Å². The van der Waals surface area contributed by atoms with E-state index < -0.39 is 0 Å². The van der Waals surface area contributed by atoms with Crippen LogP contribution >= 0.6 is 0 Å². The summed E-state index contributed by atoms with van der Waals surface area (Å²) < 4.78 is 5.95. The maximum Gasteiger partial charge on any atom is 0.311 e. The summed E-state index contributed by atoms with van der Waals surface area (Å²) in [5.74, 6) is 0.351. The van der Waals surface area contributed by atoms with Crippen molar-refractivity contribution >= 4 is 5.97 Å². The van der Waals surface area contributed by atoms with Gasteiger partial charge in [0.1, 0.15) is 6.10 Å². The van der Waals surface area contributed by atoms with E-state index in [0.29, 0.717) is 0 Å². The van der Waals surface area contributed by atoms with E-state index in [0.717, 1.165) is 38.5 Å². The monoisotopic (exact) mass is 398 g/mol. The Kier molecular flexibility index (Phi) is 5.36. The highest BCUT2D eigenvalue weighted by Gasteiger charge is 2.51. The zero-order valence-electron chi connectivity index (χ0n) is 18.4. The number of hydrogen-bond donors (Lipinski definition) is 0. The average Bonchev–Trinajstić information content (AvgIpc) is 3.01. The van der Waals surface area contributed by atoms with Crippen LogP contribution in [-0.4, -0.2) is 60.6 Å². The van der Waals surface area contributed by atoms with Gasteiger partial charge in [0.15, 0.2) is 0 Å². The van der Waals surface area contributed by atoms with Gasteiger partial charge in [-0.15, -0.1) is 0 Å². The molecule has 0 aromatic carbocycles. The van der Waals surface area contributed by atoms with Crippen molar-refractivity contribution in [3.63, 3.8) is 0 Å². The van der Waals surface area contributed by atoms with E-state index in [9.17, 15) is 4.79 Å². The van der Waals surface area contributed by atoms with Gasteiger partial charge in [0.2, 0.25) is 0 Å². The number of allylic oxidation sites excluding steroid dienone is 3. The molecule has 0 aromatic heterocycles. The molecule has 4 heteroatoms. The molecule has 0 aromatic rings. The van der Waals surface area contributed by atoms with Crippen molar-refractivity contribution in [3.05, 3.63) is 23.3 Å². The third kappa shape index (κ3) is 3.72. The standard InChI is InChI=1S/C25H38N2O2/c1-18-7-6-10-25(2)16-23-20(15-22(18)25)21(24(28)29-23)17-26-13-8-19(9-14-26)27-11-4-3-5-12-27/h7,15,19-21,23H,3-6,8-14,16-17H2,1-2H3/t20-,21+,23-,25-/m1/s1. The largest absolute Gasteiger partial charge is 0.461 e. The van der Waals surface area contributed by atoms with Gasteiger partial charge in [-0.1, -0.05) is 31.1 Å². The Hall–Kier alpha value is -1.13. The Morgan fingerprint density at radius 2 is 1.90 bits per heavy atom. The molecule has 2 aliphatic carbocycles. The molecule has 0 unspecified atom stereocenters. The van der Waals surface area contributed by atoms with Crippen LogP contribution in [0.1, 0.15) is 65.2 Å². The Morgan fingerprint density at radius 3 is 2.66 bits per heavy atom. The van der Waals surface area contributed by atoms with Gasteiger partial charge in [-0.2, -0.15) is 0 Å². The number of nitrogens with zero attached hydrogens (tertiary/aromatic N) is 2. The Labute approximate surface area is 176 Å². The molecule has 0 bridgehead atoms. The first kappa shape index (κ1) is 19.8. The summed E-state index contributed by atoms with van der Waals surface area (Å²) in [5, 5.41) is 0. The van der Waals surface area contributed by atoms with E-state index in [-0.39, 0.29) is 29.3 Å². The van der Waals surface area contributed by atoms with Gasteiger partial charge in [-0.05, 0) is 89.0 Å². The molecule has 5 aliphatic rings. The van der Waals surface area contributed by atoms with E-state index in [2.05, 4.69) is 35.8 Å². The molecule has 160 valence electrons. The zero-order chi connectivity index (χ0) is 20.0. The second-order valence-corrected chi connectivity index (χ2v) is 10.6. The average molecular weight is 399 g/mol. The number of esters is 1. The third-order valence-corrected chi connectivity index (χ3v) is 8.62. The molecule has 29 heavy (non-hydrogen) atoms. The molecule has 0 N–H and O–H groups in total. The lowest BCUT2D eigenvalue weighted by molar-refractivity contribution is -0.145. The number of piperidine rings is 2. The minimum atomic E-state index is 0.0262. The van der Waals surface area contributed by atoms with Crippen molar-refractivity contribution in [2.75, 3.05) is 32.7 Å². The van der Waals surface area contributed by atoms with Crippen LogP contribution < -0.4 is 0 Å². The fraction of sp³-hybridized carbons (Fsp3) is 0.800. The maximum atomic E-state index is 12.8. The SMILES string of the molecule is CC1=CCC[C@]2(C)C[C@H]3OC(=O)[C@@H](CN4CCC(N5CCCCC5)CC4)[C@H]3C=C12. The molecule has 0 amide bonds. The Balaban J connectivity index is 1.24. The quantitative estimate of drug-likeness (QED) is 0.668. The summed E-state index contributed by atoms with van der Waals surface area (Å²) in [6.45, 7) is 10.4. The van der Waals surface area contributed by atoms with Gasteiger partial charge in [0.05, 0.1) is 5.92 Å². The number of carbonyl (C=O) groups is 1. The smallest absolute Gasteiger partial charge is 0.311 e. The molecule has 0 spiro atoms. The van der Waals surface area contributed by atoms with E-state index in [1.54, 1.807) is 0 Å². The highest BCUT2D eigenvalue weighted by molar-refractivity contribution is 5.76. The first-order valence-electron chi connectivity index (χ1n) is 12.1. The molecule has 3 aliphatic heterocycles. The van der Waals surface area contributed by atoms with E-state index in [1.807, 2.05) is 0 Å². The van der Waals surface area contributed by atoms with Crippen molar-refractivity contribution in [1.82, 2.24) is 9.80 Å². The number of ether oxygens (including phenoxy) is 1. The van der Waals surface area contributed by atoms with Crippen LogP contribution in [0.5, 0.6) is 0 Å². The summed E-state index contributed by atoms with van der Waals surface area (Å²) in [6, 6.07) is 0.766. The summed E-state index contributed by atoms with van der Waals surface area (Å²) in [7, 11) is 0. The van der Waals surface area contributed by atoms with Crippen molar-refractivity contribution < 1.29 is 9.53 Å². The molecule has 0 radical (unpaired) electrons. The minimum Gasteiger partial charge on any atom is -0.461 e. The van der Waals surface area contributed by atoms with Crippen molar-refractivity contribution in [1.29, 1.82) is 0 Å². The van der Waals surface area contributed by atoms with Crippen LogP contribution in [0.15, 0.2) is 23.3 Å². The lowest BCUT2D eigenvalue weighted by atomic mass is 9.62. The Bertz CT molecular complexity index is 700. The van der Waals surface area contributed by atoms with Crippen molar-refractivity contribution in [3.8, 4) is 0 Å². The fourth-order valence-electron chi connectivity index (χ4n) is 6.87. The van der Waals surface area contributed by atoms with Crippen LogP contribution in [0.25, 0.3) is 0 Å². The molecule has 4 nitrogen and oxygen atoms in total. The van der Waals surface area contributed by atoms with Gasteiger partial charge in [0.25, 0.3) is 0 Å². The summed E-state index contributed by atoms with van der Waals surface area (Å²) in [6.07, 6.45) is 14.9. The number of carbonyl (C=O) groups excluding carboxylic acids is 1. The Morgan fingerprint density at radius 1 is 1.14 bits per heavy atom. The second-order valence-electron chi connectivity index (χ2n) is 10.6. The molecule has 0 saturated carbocycles. The minimum absolute atomic E-state index is 0.0262. The number of hydrogen-bond acceptors (Lipinski definition) is 4. The van der Waals surface area contributed by atoms with Crippen molar-refractivity contribution in [2.45, 2.75) is 77.4 Å². The summed E-state index contributed by atoms with van der Waals surface area (Å²) in [4.78, 5) is 18.1. The van der Waals surface area contributed by atoms with Crippen LogP contribution in [0.2, 0.25) is 0 Å². The molecule has 3 saturated heterocycles. The number of likely N-dealkylation sites (tertiary alicyclic amines) is 2. The van der Waals surface area contributed by atoms with Crippen LogP contribution in [0.3, 0.4) is 0 Å². The predicted octanol–water partition coefficient (Wildman–Crippen LogP) is 4.17. The highest BCUT2D eigenvalue weighted by Crippen LogP contribution is 2.52. The lowest BCUT2D eigenvalue weighted by Crippen LogP contribution is -2.48. The molecule has 3 fully saturated rings. The first-order valence-corrected chi connectivity index (χ1v) is 12.1. The van der Waals surface area contributed by atoms with Crippen molar-refractivity contribution in [2.24, 2.45) is 17.3 Å². The molecular weight excluding hydrogens is 360 g/mol. The molecule has 5 rings (SSSR count). The van der Waals surface area contributed by atoms with Gasteiger partial charge < -0.3 is 14.5 Å². The third-order valence-electron chi connectivity index (χ3n) is 8.62. The number of fused-ring (bicyclic) bond motifs is 2. The maximum absolute atomic E-state index is 12.8. The normalized spacial score (nSPS) is 39.4. The van der Waals surface area contributed by atoms with E-state index >= 15 is 0 Å². The van der Waals surface area contributed by atoms with Gasteiger partial charge in [-0.25, -0.2) is 0 Å². The first-order chi connectivity index (χ1) is 14.0. The molecule has 4 atom stereocenters. The summed E-state index contributed by atoms with van der Waals surface area (Å²) >= 11 is 0. The van der Waals surface area contributed by atoms with Gasteiger partial charge in [0, 0.05) is 18.5 Å². The predicted molar refractivity (Wildman–Crippen MR) is 116 cm³/mol. The second kappa shape index (κ2) is 7.85. The van der Waals surface area contributed by atoms with E-state index in [1.165, 1.54) is 62.8 Å². The molecule has 3 heterocycles. The van der Waals surface area contributed by atoms with E-state index in [4.69, 9.17) is 4.74 Å². The van der Waals surface area contributed by atoms with Gasteiger partial charge >= 0.3 is 5.97 Å². The zero-order valence-corrected chi connectivity index (χ0v) is 18.4. The van der Waals surface area contributed by atoms with Gasteiger partial charge in [-0.3, -0.25) is 4.79 Å². The highest BCUT2D eigenvalue weighted by atomic mass is 16.6. The van der Waals surface area contributed by atoms with Crippen LogP contribution in [0, 0.1) is 17.3 Å². The van der Waals surface area contributed by atoms with Crippen LogP contribution in [0.4, 0.5) is 0 Å². The fourth-order valence-corrected chi connectivity index (χ4v) is 6.87. The lowest BCUT2D eigenvalue weighted by Gasteiger charge is -2.43.